The predicted octanol–water partition coefficient (Wildman–Crippen LogP) is 4.49. The Morgan fingerprint density at radius 2 is 1.92 bits per heavy atom. The molecular formula is C23H31Cl3F3N5O2. The molecule has 1 fully saturated rings. The first kappa shape index (κ1) is 28.9. The molecule has 2 aliphatic heterocycles. The zero-order valence-electron chi connectivity index (χ0n) is 20.6. The molecule has 2 heterocycles. The Kier molecular flexibility index (Phi) is 9.17. The van der Waals surface area contributed by atoms with Gasteiger partial charge in [0.05, 0.1) is 54.2 Å². The van der Waals surface area contributed by atoms with Gasteiger partial charge in [-0.1, -0.05) is 23.2 Å². The average molecular weight is 573 g/mol. The number of carbonyl (C=O) groups excluding carboxylic acids is 1. The highest BCUT2D eigenvalue weighted by Gasteiger charge is 2.60. The third-order valence-electron chi connectivity index (χ3n) is 6.74. The molecule has 2 aliphatic rings. The van der Waals surface area contributed by atoms with Crippen molar-refractivity contribution in [1.29, 1.82) is 0 Å². The summed E-state index contributed by atoms with van der Waals surface area (Å²) in [4.78, 5) is 13.9. The smallest absolute Gasteiger partial charge is 0.414 e. The lowest BCUT2D eigenvalue weighted by Crippen LogP contribution is -2.56. The van der Waals surface area contributed by atoms with Crippen molar-refractivity contribution in [3.05, 3.63) is 22.2 Å². The molecule has 0 saturated carbocycles. The highest BCUT2D eigenvalue weighted by molar-refractivity contribution is 6.37. The molecule has 1 amide bonds. The highest BCUT2D eigenvalue weighted by atomic mass is 35.5. The third kappa shape index (κ3) is 6.26. The summed E-state index contributed by atoms with van der Waals surface area (Å²) in [5.74, 6) is 0.322. The minimum absolute atomic E-state index is 0.0129. The summed E-state index contributed by atoms with van der Waals surface area (Å²) in [6, 6.07) is 1.90. The molecule has 0 aliphatic carbocycles. The van der Waals surface area contributed by atoms with Crippen LogP contribution in [0, 0.1) is 5.92 Å². The van der Waals surface area contributed by atoms with E-state index in [2.05, 4.69) is 15.3 Å². The standard InChI is InChI=1S/C23H31Cl3F3N5O2/c1-14-22(26,23(27,28)29)13-30-34(14)11-18(31-21(35)12-32(2)3)15-5-7-33(8-6-15)19-10-20(36-4)17(25)9-16(19)24/h9-10,13-15,18H,5-8,11-12H2,1-4H3,(H,31,35). The van der Waals surface area contributed by atoms with Crippen LogP contribution in [0.4, 0.5) is 18.9 Å². The second-order valence-corrected chi connectivity index (χ2v) is 10.9. The van der Waals surface area contributed by atoms with Crippen LogP contribution >= 0.6 is 34.8 Å². The fraction of sp³-hybridized carbons (Fsp3) is 0.652. The molecule has 0 bridgehead atoms. The Balaban J connectivity index is 1.74. The van der Waals surface area contributed by atoms with E-state index in [9.17, 15) is 18.0 Å². The molecule has 202 valence electrons. The SMILES string of the molecule is COc1cc(N2CCC(C(CN3N=CC(Cl)(C(F)(F)F)C3C)NC(=O)CN(C)C)CC2)c(Cl)cc1Cl. The fourth-order valence-electron chi connectivity index (χ4n) is 4.61. The number of piperidine rings is 1. The van der Waals surface area contributed by atoms with Gasteiger partial charge >= 0.3 is 6.18 Å². The van der Waals surface area contributed by atoms with E-state index in [4.69, 9.17) is 39.5 Å². The monoisotopic (exact) mass is 571 g/mol. The lowest BCUT2D eigenvalue weighted by atomic mass is 9.88. The molecule has 3 atom stereocenters. The first-order chi connectivity index (χ1) is 16.8. The number of alkyl halides is 4. The number of amides is 1. The number of likely N-dealkylation sites (N-methyl/N-ethyl adjacent to an activating group) is 1. The first-order valence-electron chi connectivity index (χ1n) is 11.6. The number of nitrogens with one attached hydrogen (secondary N) is 1. The minimum Gasteiger partial charge on any atom is -0.495 e. The Hall–Kier alpha value is -1.62. The zero-order chi connectivity index (χ0) is 26.8. The van der Waals surface area contributed by atoms with Crippen molar-refractivity contribution < 1.29 is 22.7 Å². The van der Waals surface area contributed by atoms with Gasteiger partial charge in [0.2, 0.25) is 5.91 Å². The quantitative estimate of drug-likeness (QED) is 0.465. The second-order valence-electron chi connectivity index (χ2n) is 9.48. The summed E-state index contributed by atoms with van der Waals surface area (Å²) in [5, 5.41) is 9.25. The molecule has 1 N–H and O–H groups in total. The van der Waals surface area contributed by atoms with Crippen LogP contribution in [0.2, 0.25) is 10.0 Å². The van der Waals surface area contributed by atoms with Gasteiger partial charge in [-0.05, 0) is 45.8 Å². The van der Waals surface area contributed by atoms with Gasteiger partial charge in [-0.15, -0.1) is 11.6 Å². The molecule has 0 aromatic heterocycles. The predicted molar refractivity (Wildman–Crippen MR) is 138 cm³/mol. The van der Waals surface area contributed by atoms with E-state index in [0.717, 1.165) is 11.9 Å². The number of hydrogen-bond donors (Lipinski definition) is 1. The Labute approximate surface area is 224 Å². The van der Waals surface area contributed by atoms with E-state index < -0.39 is 23.1 Å². The summed E-state index contributed by atoms with van der Waals surface area (Å²) in [7, 11) is 5.08. The number of halogens is 6. The molecular weight excluding hydrogens is 542 g/mol. The molecule has 3 rings (SSSR count). The molecule has 1 saturated heterocycles. The third-order valence-corrected chi connectivity index (χ3v) is 7.97. The van der Waals surface area contributed by atoms with E-state index in [1.165, 1.54) is 19.0 Å². The van der Waals surface area contributed by atoms with Crippen LogP contribution in [0.1, 0.15) is 19.8 Å². The van der Waals surface area contributed by atoms with Crippen molar-refractivity contribution in [2.24, 2.45) is 11.0 Å². The number of benzene rings is 1. The van der Waals surface area contributed by atoms with Crippen LogP contribution in [0.3, 0.4) is 0 Å². The summed E-state index contributed by atoms with van der Waals surface area (Å²) >= 11 is 18.5. The summed E-state index contributed by atoms with van der Waals surface area (Å²) in [6.45, 7) is 2.94. The number of rotatable bonds is 8. The molecule has 0 spiro atoms. The van der Waals surface area contributed by atoms with E-state index in [-0.39, 0.29) is 24.9 Å². The number of nitrogens with zero attached hydrogens (tertiary/aromatic N) is 4. The molecule has 1 aromatic rings. The Morgan fingerprint density at radius 1 is 1.28 bits per heavy atom. The van der Waals surface area contributed by atoms with Gasteiger partial charge < -0.3 is 19.9 Å². The van der Waals surface area contributed by atoms with Crippen molar-refractivity contribution >= 4 is 52.6 Å². The minimum atomic E-state index is -4.65. The number of methoxy groups -OCH3 is 1. The number of hydrogen-bond acceptors (Lipinski definition) is 6. The van der Waals surface area contributed by atoms with Crippen molar-refractivity contribution in [3.63, 3.8) is 0 Å². The molecule has 1 aromatic carbocycles. The lowest BCUT2D eigenvalue weighted by molar-refractivity contribution is -0.153. The summed E-state index contributed by atoms with van der Waals surface area (Å²) in [5.41, 5.74) is 0.791. The Morgan fingerprint density at radius 3 is 2.44 bits per heavy atom. The van der Waals surface area contributed by atoms with Gasteiger partial charge in [0, 0.05) is 19.2 Å². The van der Waals surface area contributed by atoms with Crippen molar-refractivity contribution in [2.45, 2.75) is 42.9 Å². The Bertz CT molecular complexity index is 973. The van der Waals surface area contributed by atoms with Crippen molar-refractivity contribution in [1.82, 2.24) is 15.2 Å². The molecule has 3 unspecified atom stereocenters. The maximum absolute atomic E-state index is 13.6. The number of hydrazone groups is 1. The largest absolute Gasteiger partial charge is 0.495 e. The van der Waals surface area contributed by atoms with Crippen LogP contribution in [-0.4, -0.2) is 92.5 Å². The van der Waals surface area contributed by atoms with Gasteiger partial charge in [0.15, 0.2) is 4.87 Å². The van der Waals surface area contributed by atoms with Crippen LogP contribution in [-0.2, 0) is 4.79 Å². The number of ether oxygens (including phenoxy) is 1. The second kappa shape index (κ2) is 11.4. The van der Waals surface area contributed by atoms with Crippen molar-refractivity contribution in [2.75, 3.05) is 52.3 Å². The molecule has 13 heteroatoms. The number of anilines is 1. The summed E-state index contributed by atoms with van der Waals surface area (Å²) in [6.07, 6.45) is -2.53. The average Bonchev–Trinajstić information content (AvgIpc) is 3.08. The van der Waals surface area contributed by atoms with E-state index in [1.54, 1.807) is 31.1 Å². The van der Waals surface area contributed by atoms with E-state index >= 15 is 0 Å². The van der Waals surface area contributed by atoms with Gasteiger partial charge in [0.25, 0.3) is 0 Å². The fourth-order valence-corrected chi connectivity index (χ4v) is 5.35. The van der Waals surface area contributed by atoms with Gasteiger partial charge in [-0.2, -0.15) is 18.3 Å². The molecule has 36 heavy (non-hydrogen) atoms. The number of carbonyl (C=O) groups is 1. The van der Waals surface area contributed by atoms with E-state index in [1.807, 2.05) is 0 Å². The van der Waals surface area contributed by atoms with Gasteiger partial charge in [-0.3, -0.25) is 9.80 Å². The zero-order valence-corrected chi connectivity index (χ0v) is 22.8. The highest BCUT2D eigenvalue weighted by Crippen LogP contribution is 2.43. The maximum Gasteiger partial charge on any atom is 0.414 e. The van der Waals surface area contributed by atoms with Gasteiger partial charge in [0.1, 0.15) is 5.75 Å². The normalized spacial score (nSPS) is 23.9. The summed E-state index contributed by atoms with van der Waals surface area (Å²) < 4.78 is 46.0. The molecule has 0 radical (unpaired) electrons. The molecule has 7 nitrogen and oxygen atoms in total. The van der Waals surface area contributed by atoms with Crippen LogP contribution in [0.25, 0.3) is 0 Å². The lowest BCUT2D eigenvalue weighted by Gasteiger charge is -2.40. The van der Waals surface area contributed by atoms with E-state index in [0.29, 0.717) is 41.7 Å². The first-order valence-corrected chi connectivity index (χ1v) is 12.7. The van der Waals surface area contributed by atoms with Crippen LogP contribution < -0.4 is 15.0 Å². The van der Waals surface area contributed by atoms with Crippen LogP contribution in [0.5, 0.6) is 5.75 Å². The maximum atomic E-state index is 13.6. The van der Waals surface area contributed by atoms with Gasteiger partial charge in [-0.25, -0.2) is 0 Å². The van der Waals surface area contributed by atoms with Crippen LogP contribution in [0.15, 0.2) is 17.2 Å². The topological polar surface area (TPSA) is 60.4 Å². The van der Waals surface area contributed by atoms with Crippen molar-refractivity contribution in [3.8, 4) is 5.75 Å².